The van der Waals surface area contributed by atoms with Gasteiger partial charge in [-0.3, -0.25) is 0 Å². The van der Waals surface area contributed by atoms with E-state index in [1.54, 1.807) is 24.3 Å². The van der Waals surface area contributed by atoms with Gasteiger partial charge in [-0.25, -0.2) is 0 Å². The van der Waals surface area contributed by atoms with Gasteiger partial charge >= 0.3 is 6.61 Å². The SMILES string of the molecule is C=COCCCNC(C)c1ccc(OC(F)F)cc1. The van der Waals surface area contributed by atoms with Gasteiger partial charge in [0.15, 0.2) is 0 Å². The summed E-state index contributed by atoms with van der Waals surface area (Å²) in [6.07, 6.45) is 2.30. The monoisotopic (exact) mass is 271 g/mol. The highest BCUT2D eigenvalue weighted by Crippen LogP contribution is 2.18. The first-order valence-electron chi connectivity index (χ1n) is 6.14. The van der Waals surface area contributed by atoms with Crippen LogP contribution in [0, 0.1) is 0 Å². The number of rotatable bonds is 9. The van der Waals surface area contributed by atoms with Gasteiger partial charge in [0.1, 0.15) is 5.75 Å². The third-order valence-electron chi connectivity index (χ3n) is 2.61. The Hall–Kier alpha value is -1.62. The zero-order chi connectivity index (χ0) is 14.1. The van der Waals surface area contributed by atoms with Gasteiger partial charge in [-0.2, -0.15) is 8.78 Å². The molecule has 1 rings (SSSR count). The minimum atomic E-state index is -2.79. The van der Waals surface area contributed by atoms with Crippen LogP contribution in [0.3, 0.4) is 0 Å². The molecular formula is C14H19F2NO2. The molecule has 0 aromatic heterocycles. The van der Waals surface area contributed by atoms with Crippen molar-refractivity contribution in [3.63, 3.8) is 0 Å². The third-order valence-corrected chi connectivity index (χ3v) is 2.61. The van der Waals surface area contributed by atoms with E-state index in [1.165, 1.54) is 6.26 Å². The Morgan fingerprint density at radius 3 is 2.58 bits per heavy atom. The van der Waals surface area contributed by atoms with Crippen molar-refractivity contribution >= 4 is 0 Å². The molecule has 0 saturated carbocycles. The first-order chi connectivity index (χ1) is 9.13. The molecule has 0 saturated heterocycles. The van der Waals surface area contributed by atoms with Gasteiger partial charge in [-0.05, 0) is 37.6 Å². The summed E-state index contributed by atoms with van der Waals surface area (Å²) in [5.74, 6) is 0.172. The van der Waals surface area contributed by atoms with Crippen LogP contribution in [0.2, 0.25) is 0 Å². The van der Waals surface area contributed by atoms with Crippen LogP contribution in [0.5, 0.6) is 5.75 Å². The van der Waals surface area contributed by atoms with E-state index in [9.17, 15) is 8.78 Å². The highest BCUT2D eigenvalue weighted by atomic mass is 19.3. The fraction of sp³-hybridized carbons (Fsp3) is 0.429. The number of hydrogen-bond acceptors (Lipinski definition) is 3. The Labute approximate surface area is 112 Å². The average Bonchev–Trinajstić information content (AvgIpc) is 2.38. The van der Waals surface area contributed by atoms with Crippen molar-refractivity contribution in [2.24, 2.45) is 0 Å². The quantitative estimate of drug-likeness (QED) is 0.551. The van der Waals surface area contributed by atoms with Gasteiger partial charge in [-0.15, -0.1) is 0 Å². The van der Waals surface area contributed by atoms with E-state index in [4.69, 9.17) is 4.74 Å². The second kappa shape index (κ2) is 8.48. The molecule has 1 aromatic rings. The van der Waals surface area contributed by atoms with Crippen LogP contribution >= 0.6 is 0 Å². The Morgan fingerprint density at radius 2 is 2.00 bits per heavy atom. The lowest BCUT2D eigenvalue weighted by molar-refractivity contribution is -0.0498. The molecular weight excluding hydrogens is 252 g/mol. The first kappa shape index (κ1) is 15.4. The molecule has 1 unspecified atom stereocenters. The van der Waals surface area contributed by atoms with Crippen LogP contribution in [0.4, 0.5) is 8.78 Å². The van der Waals surface area contributed by atoms with Crippen LogP contribution in [0.25, 0.3) is 0 Å². The lowest BCUT2D eigenvalue weighted by Crippen LogP contribution is -2.20. The Kier molecular flexibility index (Phi) is 6.89. The number of ether oxygens (including phenoxy) is 2. The molecule has 5 heteroatoms. The average molecular weight is 271 g/mol. The van der Waals surface area contributed by atoms with Crippen LogP contribution in [-0.4, -0.2) is 19.8 Å². The summed E-state index contributed by atoms with van der Waals surface area (Å²) in [5, 5.41) is 3.31. The summed E-state index contributed by atoms with van der Waals surface area (Å²) < 4.78 is 33.3. The lowest BCUT2D eigenvalue weighted by Gasteiger charge is -2.14. The van der Waals surface area contributed by atoms with Crippen molar-refractivity contribution in [1.82, 2.24) is 5.32 Å². The Bertz CT molecular complexity index is 368. The maximum absolute atomic E-state index is 12.0. The second-order valence-electron chi connectivity index (χ2n) is 4.01. The number of benzene rings is 1. The highest BCUT2D eigenvalue weighted by Gasteiger charge is 2.07. The van der Waals surface area contributed by atoms with E-state index in [2.05, 4.69) is 16.6 Å². The van der Waals surface area contributed by atoms with Gasteiger partial charge < -0.3 is 14.8 Å². The molecule has 0 amide bonds. The number of nitrogens with one attached hydrogen (secondary N) is 1. The molecule has 3 nitrogen and oxygen atoms in total. The topological polar surface area (TPSA) is 30.5 Å². The van der Waals surface area contributed by atoms with E-state index < -0.39 is 6.61 Å². The van der Waals surface area contributed by atoms with Gasteiger partial charge in [0, 0.05) is 6.04 Å². The van der Waals surface area contributed by atoms with Gasteiger partial charge in [0.2, 0.25) is 0 Å². The van der Waals surface area contributed by atoms with E-state index in [0.29, 0.717) is 6.61 Å². The fourth-order valence-electron chi connectivity index (χ4n) is 1.61. The zero-order valence-corrected chi connectivity index (χ0v) is 10.9. The normalized spacial score (nSPS) is 12.2. The summed E-state index contributed by atoms with van der Waals surface area (Å²) in [6, 6.07) is 6.77. The predicted octanol–water partition coefficient (Wildman–Crippen LogP) is 3.49. The van der Waals surface area contributed by atoms with Crippen molar-refractivity contribution in [3.05, 3.63) is 42.7 Å². The molecule has 0 aliphatic carbocycles. The Morgan fingerprint density at radius 1 is 1.32 bits per heavy atom. The molecule has 1 N–H and O–H groups in total. The minimum absolute atomic E-state index is 0.143. The van der Waals surface area contributed by atoms with Gasteiger partial charge in [-0.1, -0.05) is 18.7 Å². The van der Waals surface area contributed by atoms with Crippen LogP contribution in [0.1, 0.15) is 24.9 Å². The predicted molar refractivity (Wildman–Crippen MR) is 70.3 cm³/mol. The Balaban J connectivity index is 2.35. The van der Waals surface area contributed by atoms with Crippen LogP contribution in [-0.2, 0) is 4.74 Å². The molecule has 0 aliphatic rings. The highest BCUT2D eigenvalue weighted by molar-refractivity contribution is 5.28. The molecule has 0 aliphatic heterocycles. The van der Waals surface area contributed by atoms with Crippen molar-refractivity contribution in [2.75, 3.05) is 13.2 Å². The van der Waals surface area contributed by atoms with E-state index >= 15 is 0 Å². The van der Waals surface area contributed by atoms with E-state index in [-0.39, 0.29) is 11.8 Å². The summed E-state index contributed by atoms with van der Waals surface area (Å²) in [4.78, 5) is 0. The fourth-order valence-corrected chi connectivity index (χ4v) is 1.61. The molecule has 0 bridgehead atoms. The smallest absolute Gasteiger partial charge is 0.387 e. The lowest BCUT2D eigenvalue weighted by atomic mass is 10.1. The number of alkyl halides is 2. The van der Waals surface area contributed by atoms with Crippen LogP contribution in [0.15, 0.2) is 37.1 Å². The zero-order valence-electron chi connectivity index (χ0n) is 10.9. The van der Waals surface area contributed by atoms with Crippen molar-refractivity contribution in [1.29, 1.82) is 0 Å². The standard InChI is InChI=1S/C14H19F2NO2/c1-3-18-10-4-9-17-11(2)12-5-7-13(8-6-12)19-14(15)16/h3,5-8,11,14,17H,1,4,9-10H2,2H3. The molecule has 1 atom stereocenters. The number of hydrogen-bond donors (Lipinski definition) is 1. The first-order valence-corrected chi connectivity index (χ1v) is 6.14. The largest absolute Gasteiger partial charge is 0.502 e. The van der Waals surface area contributed by atoms with E-state index in [0.717, 1.165) is 18.5 Å². The molecule has 0 radical (unpaired) electrons. The van der Waals surface area contributed by atoms with Gasteiger partial charge in [0.05, 0.1) is 12.9 Å². The van der Waals surface area contributed by atoms with Crippen molar-refractivity contribution < 1.29 is 18.3 Å². The summed E-state index contributed by atoms with van der Waals surface area (Å²) in [6.45, 7) is 4.13. The molecule has 0 spiro atoms. The summed E-state index contributed by atoms with van der Waals surface area (Å²) in [7, 11) is 0. The third kappa shape index (κ3) is 6.20. The number of halogens is 2. The van der Waals surface area contributed by atoms with Crippen molar-refractivity contribution in [3.8, 4) is 5.75 Å². The molecule has 1 aromatic carbocycles. The maximum atomic E-state index is 12.0. The van der Waals surface area contributed by atoms with Gasteiger partial charge in [0.25, 0.3) is 0 Å². The summed E-state index contributed by atoms with van der Waals surface area (Å²) in [5.41, 5.74) is 1.02. The molecule has 0 fully saturated rings. The molecule has 19 heavy (non-hydrogen) atoms. The minimum Gasteiger partial charge on any atom is -0.502 e. The molecule has 106 valence electrons. The maximum Gasteiger partial charge on any atom is 0.387 e. The molecule has 0 heterocycles. The van der Waals surface area contributed by atoms with E-state index in [1.807, 2.05) is 6.92 Å². The second-order valence-corrected chi connectivity index (χ2v) is 4.01. The van der Waals surface area contributed by atoms with Crippen molar-refractivity contribution in [2.45, 2.75) is 26.0 Å². The van der Waals surface area contributed by atoms with Crippen LogP contribution < -0.4 is 10.1 Å². The summed E-state index contributed by atoms with van der Waals surface area (Å²) >= 11 is 0.